The van der Waals surface area contributed by atoms with Gasteiger partial charge in [-0.25, -0.2) is 4.79 Å². The average molecular weight is 291 g/mol. The Morgan fingerprint density at radius 2 is 1.95 bits per heavy atom. The lowest BCUT2D eigenvalue weighted by Crippen LogP contribution is -2.27. The Labute approximate surface area is 126 Å². The first kappa shape index (κ1) is 15.7. The van der Waals surface area contributed by atoms with Gasteiger partial charge in [-0.3, -0.25) is 5.32 Å². The van der Waals surface area contributed by atoms with Gasteiger partial charge in [-0.2, -0.15) is 5.10 Å². The topological polar surface area (TPSA) is 64.1 Å². The molecule has 0 aliphatic heterocycles. The highest BCUT2D eigenvalue weighted by atomic mass is 16.6. The van der Waals surface area contributed by atoms with Crippen LogP contribution >= 0.6 is 0 Å². The second-order valence-electron chi connectivity index (χ2n) is 6.74. The monoisotopic (exact) mass is 291 g/mol. The van der Waals surface area contributed by atoms with E-state index >= 15 is 0 Å². The largest absolute Gasteiger partial charge is 0.444 e. The molecule has 1 aliphatic carbocycles. The second-order valence-corrected chi connectivity index (χ2v) is 6.74. The van der Waals surface area contributed by atoms with Crippen LogP contribution in [0, 0.1) is 5.92 Å². The maximum Gasteiger partial charge on any atom is 0.413 e. The normalized spacial score (nSPS) is 16.5. The van der Waals surface area contributed by atoms with Crippen LogP contribution in [0.25, 0.3) is 0 Å². The van der Waals surface area contributed by atoms with E-state index in [0.717, 1.165) is 18.0 Å². The smallest absolute Gasteiger partial charge is 0.413 e. The summed E-state index contributed by atoms with van der Waals surface area (Å²) in [5, 5.41) is 10.8. The van der Waals surface area contributed by atoms with Crippen LogP contribution in [0.2, 0.25) is 0 Å². The number of nitrogens with zero attached hydrogens (tertiary/aromatic N) is 2. The first-order chi connectivity index (χ1) is 9.92. The highest BCUT2D eigenvalue weighted by Crippen LogP contribution is 2.26. The summed E-state index contributed by atoms with van der Waals surface area (Å²) in [7, 11) is 0. The molecule has 1 aliphatic rings. The minimum atomic E-state index is -0.515. The number of hydrogen-bond donors (Lipinski definition) is 1. The summed E-state index contributed by atoms with van der Waals surface area (Å²) in [4.78, 5) is 11.6. The number of rotatable bonds is 3. The molecule has 1 heterocycles. The Kier molecular flexibility index (Phi) is 5.15. The summed E-state index contributed by atoms with van der Waals surface area (Å²) in [6.45, 7) is 5.47. The van der Waals surface area contributed by atoms with Gasteiger partial charge in [-0.1, -0.05) is 32.1 Å². The molecule has 5 heteroatoms. The van der Waals surface area contributed by atoms with Crippen molar-refractivity contribution >= 4 is 11.9 Å². The summed E-state index contributed by atoms with van der Waals surface area (Å²) in [6.07, 6.45) is 7.09. The molecule has 0 atom stereocenters. The molecule has 1 aromatic heterocycles. The van der Waals surface area contributed by atoms with Crippen LogP contribution in [0.3, 0.4) is 0 Å². The number of carbonyl (C=O) groups is 1. The third-order valence-electron chi connectivity index (χ3n) is 3.57. The quantitative estimate of drug-likeness (QED) is 0.916. The molecule has 116 valence electrons. The summed E-state index contributed by atoms with van der Waals surface area (Å²) in [5.41, 5.74) is 0.481. The molecular formula is C16H25N3O2. The third kappa shape index (κ3) is 5.69. The fraction of sp³-hybridized carbons (Fsp3) is 0.688. The molecule has 21 heavy (non-hydrogen) atoms. The predicted octanol–water partition coefficient (Wildman–Crippen LogP) is 3.95. The Morgan fingerprint density at radius 3 is 2.52 bits per heavy atom. The highest BCUT2D eigenvalue weighted by molar-refractivity contribution is 5.83. The van der Waals surface area contributed by atoms with Gasteiger partial charge in [0.15, 0.2) is 5.82 Å². The van der Waals surface area contributed by atoms with E-state index in [4.69, 9.17) is 4.74 Å². The molecular weight excluding hydrogens is 266 g/mol. The van der Waals surface area contributed by atoms with Gasteiger partial charge in [0.25, 0.3) is 0 Å². The molecule has 1 N–H and O–H groups in total. The SMILES string of the molecule is CC(C)(C)OC(=O)Nc1ccc(CC2CCCCC2)nn1. The number of anilines is 1. The first-order valence-corrected chi connectivity index (χ1v) is 7.75. The third-order valence-corrected chi connectivity index (χ3v) is 3.57. The molecule has 0 radical (unpaired) electrons. The van der Waals surface area contributed by atoms with Gasteiger partial charge in [0.1, 0.15) is 5.60 Å². The van der Waals surface area contributed by atoms with E-state index in [2.05, 4.69) is 15.5 Å². The zero-order valence-corrected chi connectivity index (χ0v) is 13.2. The number of ether oxygens (including phenoxy) is 1. The Morgan fingerprint density at radius 1 is 1.24 bits per heavy atom. The van der Waals surface area contributed by atoms with Gasteiger partial charge in [0.05, 0.1) is 5.69 Å². The fourth-order valence-corrected chi connectivity index (χ4v) is 2.63. The second kappa shape index (κ2) is 6.87. The molecule has 5 nitrogen and oxygen atoms in total. The molecule has 0 bridgehead atoms. The van der Waals surface area contributed by atoms with E-state index in [9.17, 15) is 4.79 Å². The summed E-state index contributed by atoms with van der Waals surface area (Å²) in [6, 6.07) is 3.73. The van der Waals surface area contributed by atoms with Crippen molar-refractivity contribution in [3.8, 4) is 0 Å². The minimum absolute atomic E-state index is 0.427. The van der Waals surface area contributed by atoms with Crippen molar-refractivity contribution in [3.05, 3.63) is 17.8 Å². The highest BCUT2D eigenvalue weighted by Gasteiger charge is 2.17. The van der Waals surface area contributed by atoms with E-state index in [0.29, 0.717) is 5.82 Å². The fourth-order valence-electron chi connectivity index (χ4n) is 2.63. The lowest BCUT2D eigenvalue weighted by molar-refractivity contribution is 0.0635. The van der Waals surface area contributed by atoms with Crippen molar-refractivity contribution < 1.29 is 9.53 Å². The van der Waals surface area contributed by atoms with Gasteiger partial charge in [0.2, 0.25) is 0 Å². The predicted molar refractivity (Wildman–Crippen MR) is 82.2 cm³/mol. The standard InChI is InChI=1S/C16H25N3O2/c1-16(2,3)21-15(20)17-14-10-9-13(18-19-14)11-12-7-5-4-6-8-12/h9-10,12H,4-8,11H2,1-3H3,(H,17,19,20). The van der Waals surface area contributed by atoms with Gasteiger partial charge < -0.3 is 4.74 Å². The molecule has 0 aromatic carbocycles. The molecule has 1 saturated carbocycles. The summed E-state index contributed by atoms with van der Waals surface area (Å²) >= 11 is 0. The van der Waals surface area contributed by atoms with Crippen molar-refractivity contribution in [1.82, 2.24) is 10.2 Å². The van der Waals surface area contributed by atoms with Crippen LogP contribution < -0.4 is 5.32 Å². The summed E-state index contributed by atoms with van der Waals surface area (Å²) in [5.74, 6) is 1.16. The maximum atomic E-state index is 11.6. The molecule has 2 rings (SSSR count). The molecule has 0 saturated heterocycles. The van der Waals surface area contributed by atoms with Crippen molar-refractivity contribution in [2.24, 2.45) is 5.92 Å². The van der Waals surface area contributed by atoms with Crippen molar-refractivity contribution in [3.63, 3.8) is 0 Å². The minimum Gasteiger partial charge on any atom is -0.444 e. The van der Waals surface area contributed by atoms with Crippen LogP contribution in [0.15, 0.2) is 12.1 Å². The van der Waals surface area contributed by atoms with Gasteiger partial charge in [-0.05, 0) is 45.2 Å². The van der Waals surface area contributed by atoms with Crippen LogP contribution in [-0.2, 0) is 11.2 Å². The van der Waals surface area contributed by atoms with Crippen LogP contribution in [0.4, 0.5) is 10.6 Å². The number of carbonyl (C=O) groups excluding carboxylic acids is 1. The van der Waals surface area contributed by atoms with E-state index in [1.165, 1.54) is 32.1 Å². The van der Waals surface area contributed by atoms with Crippen molar-refractivity contribution in [2.75, 3.05) is 5.32 Å². The number of hydrogen-bond acceptors (Lipinski definition) is 4. The Hall–Kier alpha value is -1.65. The van der Waals surface area contributed by atoms with E-state index in [1.54, 1.807) is 6.07 Å². The van der Waals surface area contributed by atoms with Crippen LogP contribution in [-0.4, -0.2) is 21.9 Å². The zero-order chi connectivity index (χ0) is 15.3. The lowest BCUT2D eigenvalue weighted by Gasteiger charge is -2.21. The molecule has 1 fully saturated rings. The number of nitrogens with one attached hydrogen (secondary N) is 1. The van der Waals surface area contributed by atoms with E-state index in [-0.39, 0.29) is 0 Å². The Balaban J connectivity index is 1.85. The van der Waals surface area contributed by atoms with Gasteiger partial charge in [0, 0.05) is 0 Å². The number of aromatic nitrogens is 2. The maximum absolute atomic E-state index is 11.6. The molecule has 0 unspecified atom stereocenters. The van der Waals surface area contributed by atoms with Gasteiger partial charge in [-0.15, -0.1) is 5.10 Å². The zero-order valence-electron chi connectivity index (χ0n) is 13.2. The van der Waals surface area contributed by atoms with Crippen molar-refractivity contribution in [2.45, 2.75) is 64.9 Å². The molecule has 1 aromatic rings. The Bertz CT molecular complexity index is 459. The first-order valence-electron chi connectivity index (χ1n) is 7.75. The van der Waals surface area contributed by atoms with E-state index < -0.39 is 11.7 Å². The number of amides is 1. The van der Waals surface area contributed by atoms with Crippen LogP contribution in [0.5, 0.6) is 0 Å². The molecule has 1 amide bonds. The van der Waals surface area contributed by atoms with Gasteiger partial charge >= 0.3 is 6.09 Å². The lowest BCUT2D eigenvalue weighted by atomic mass is 9.86. The average Bonchev–Trinajstić information content (AvgIpc) is 2.40. The van der Waals surface area contributed by atoms with Crippen molar-refractivity contribution in [1.29, 1.82) is 0 Å². The summed E-state index contributed by atoms with van der Waals surface area (Å²) < 4.78 is 5.18. The van der Waals surface area contributed by atoms with Crippen LogP contribution in [0.1, 0.15) is 58.6 Å². The molecule has 0 spiro atoms. The van der Waals surface area contributed by atoms with E-state index in [1.807, 2.05) is 26.8 Å².